The number of para-hydroxylation sites is 1. The van der Waals surface area contributed by atoms with Crippen molar-refractivity contribution in [2.24, 2.45) is 7.05 Å². The zero-order chi connectivity index (χ0) is 17.6. The maximum Gasteiger partial charge on any atom is 0.293 e. The molecule has 7 nitrogen and oxygen atoms in total. The van der Waals surface area contributed by atoms with Crippen molar-refractivity contribution in [2.45, 2.75) is 25.2 Å². The quantitative estimate of drug-likeness (QED) is 0.828. The van der Waals surface area contributed by atoms with Crippen molar-refractivity contribution in [1.82, 2.24) is 19.7 Å². The van der Waals surface area contributed by atoms with Crippen molar-refractivity contribution >= 4 is 17.5 Å². The Morgan fingerprint density at radius 1 is 1.24 bits per heavy atom. The van der Waals surface area contributed by atoms with Crippen LogP contribution in [-0.2, 0) is 17.3 Å². The van der Waals surface area contributed by atoms with E-state index in [2.05, 4.69) is 16.1 Å². The summed E-state index contributed by atoms with van der Waals surface area (Å²) in [6, 6.07) is 8.03. The van der Waals surface area contributed by atoms with E-state index in [1.54, 1.807) is 11.9 Å². The Kier molecular flexibility index (Phi) is 3.59. The predicted molar refractivity (Wildman–Crippen MR) is 92.3 cm³/mol. The fourth-order valence-corrected chi connectivity index (χ4v) is 4.06. The van der Waals surface area contributed by atoms with E-state index in [1.807, 2.05) is 30.0 Å². The average molecular weight is 339 g/mol. The lowest BCUT2D eigenvalue weighted by molar-refractivity contribution is -0.124. The van der Waals surface area contributed by atoms with Gasteiger partial charge in [-0.1, -0.05) is 18.2 Å². The number of benzene rings is 1. The van der Waals surface area contributed by atoms with Gasteiger partial charge in [-0.05, 0) is 31.4 Å². The van der Waals surface area contributed by atoms with Gasteiger partial charge in [-0.2, -0.15) is 0 Å². The summed E-state index contributed by atoms with van der Waals surface area (Å²) in [5, 5.41) is 4.09. The van der Waals surface area contributed by atoms with Crippen LogP contribution in [0.3, 0.4) is 0 Å². The molecule has 1 spiro atoms. The highest BCUT2D eigenvalue weighted by atomic mass is 16.2. The number of carbonyl (C=O) groups is 2. The molecule has 0 saturated carbocycles. The molecule has 25 heavy (non-hydrogen) atoms. The zero-order valence-corrected chi connectivity index (χ0v) is 14.5. The van der Waals surface area contributed by atoms with Gasteiger partial charge >= 0.3 is 0 Å². The minimum absolute atomic E-state index is 0.165. The first-order chi connectivity index (χ1) is 12.1. The maximum atomic E-state index is 13.1. The topological polar surface area (TPSA) is 71.3 Å². The van der Waals surface area contributed by atoms with E-state index < -0.39 is 5.41 Å². The third-order valence-corrected chi connectivity index (χ3v) is 5.38. The van der Waals surface area contributed by atoms with Gasteiger partial charge in [0.2, 0.25) is 11.7 Å². The number of likely N-dealkylation sites (tertiary alicyclic amines) is 1. The van der Waals surface area contributed by atoms with Crippen molar-refractivity contribution in [3.05, 3.63) is 42.0 Å². The molecule has 2 amide bonds. The second-order valence-electron chi connectivity index (χ2n) is 6.68. The molecule has 0 aliphatic carbocycles. The zero-order valence-electron chi connectivity index (χ0n) is 14.5. The Labute approximate surface area is 146 Å². The number of fused-ring (bicyclic) bond motifs is 2. The molecule has 1 aromatic carbocycles. The van der Waals surface area contributed by atoms with Crippen LogP contribution in [0.2, 0.25) is 0 Å². The van der Waals surface area contributed by atoms with E-state index in [9.17, 15) is 9.59 Å². The monoisotopic (exact) mass is 339 g/mol. The largest absolute Gasteiger partial charge is 0.336 e. The highest BCUT2D eigenvalue weighted by Crippen LogP contribution is 2.47. The van der Waals surface area contributed by atoms with Gasteiger partial charge in [0, 0.05) is 32.4 Å². The number of anilines is 1. The summed E-state index contributed by atoms with van der Waals surface area (Å²) < 4.78 is 1.52. The van der Waals surface area contributed by atoms with Gasteiger partial charge in [-0.15, -0.1) is 5.10 Å². The van der Waals surface area contributed by atoms with E-state index in [0.717, 1.165) is 11.3 Å². The number of piperidine rings is 1. The predicted octanol–water partition coefficient (Wildman–Crippen LogP) is 1.36. The number of hydrogen-bond acceptors (Lipinski definition) is 4. The molecule has 2 aromatic rings. The van der Waals surface area contributed by atoms with Crippen LogP contribution in [0.1, 0.15) is 35.9 Å². The summed E-state index contributed by atoms with van der Waals surface area (Å²) in [4.78, 5) is 33.3. The Morgan fingerprint density at radius 3 is 2.60 bits per heavy atom. The van der Waals surface area contributed by atoms with E-state index in [0.29, 0.717) is 32.5 Å². The summed E-state index contributed by atoms with van der Waals surface area (Å²) >= 11 is 0. The molecule has 7 heteroatoms. The molecule has 1 fully saturated rings. The van der Waals surface area contributed by atoms with Gasteiger partial charge < -0.3 is 9.80 Å². The third kappa shape index (κ3) is 2.26. The van der Waals surface area contributed by atoms with Gasteiger partial charge in [-0.25, -0.2) is 4.98 Å². The van der Waals surface area contributed by atoms with Gasteiger partial charge in [-0.3, -0.25) is 14.3 Å². The minimum atomic E-state index is -0.499. The standard InChI is InChI=1S/C18H21N5O2/c1-3-23-14-7-5-4-6-13(14)18(17(23)25)8-10-22(11-9-18)16(24)15-19-12-21(2)20-15/h4-7,12H,3,8-11H2,1-2H3. The number of amides is 2. The van der Waals surface area contributed by atoms with E-state index in [1.165, 1.54) is 11.0 Å². The summed E-state index contributed by atoms with van der Waals surface area (Å²) in [7, 11) is 1.74. The fraction of sp³-hybridized carbons (Fsp3) is 0.444. The average Bonchev–Trinajstić information content (AvgIpc) is 3.16. The van der Waals surface area contributed by atoms with Crippen molar-refractivity contribution in [3.8, 4) is 0 Å². The minimum Gasteiger partial charge on any atom is -0.336 e. The van der Waals surface area contributed by atoms with Crippen molar-refractivity contribution < 1.29 is 9.59 Å². The van der Waals surface area contributed by atoms with Gasteiger partial charge in [0.15, 0.2) is 0 Å². The smallest absolute Gasteiger partial charge is 0.293 e. The molecule has 0 atom stereocenters. The van der Waals surface area contributed by atoms with Crippen LogP contribution in [0.4, 0.5) is 5.69 Å². The summed E-state index contributed by atoms with van der Waals surface area (Å²) in [5.41, 5.74) is 1.62. The van der Waals surface area contributed by atoms with E-state index in [4.69, 9.17) is 0 Å². The van der Waals surface area contributed by atoms with Gasteiger partial charge in [0.25, 0.3) is 5.91 Å². The molecule has 1 aromatic heterocycles. The Bertz CT molecular complexity index is 835. The molecule has 1 saturated heterocycles. The van der Waals surface area contributed by atoms with Crippen LogP contribution in [0.15, 0.2) is 30.6 Å². The normalized spacial score (nSPS) is 18.7. The van der Waals surface area contributed by atoms with Crippen LogP contribution in [-0.4, -0.2) is 51.1 Å². The number of nitrogens with zero attached hydrogens (tertiary/aromatic N) is 5. The summed E-state index contributed by atoms with van der Waals surface area (Å²) in [5.74, 6) is 0.215. The lowest BCUT2D eigenvalue weighted by Crippen LogP contribution is -2.50. The van der Waals surface area contributed by atoms with Crippen LogP contribution in [0, 0.1) is 0 Å². The van der Waals surface area contributed by atoms with E-state index >= 15 is 0 Å². The number of likely N-dealkylation sites (N-methyl/N-ethyl adjacent to an activating group) is 1. The van der Waals surface area contributed by atoms with Gasteiger partial charge in [0.1, 0.15) is 6.33 Å². The maximum absolute atomic E-state index is 13.1. The molecule has 0 N–H and O–H groups in total. The van der Waals surface area contributed by atoms with Crippen LogP contribution in [0.25, 0.3) is 0 Å². The molecule has 4 rings (SSSR count). The molecular weight excluding hydrogens is 318 g/mol. The highest BCUT2D eigenvalue weighted by Gasteiger charge is 2.51. The van der Waals surface area contributed by atoms with Crippen molar-refractivity contribution in [1.29, 1.82) is 0 Å². The van der Waals surface area contributed by atoms with Crippen molar-refractivity contribution in [3.63, 3.8) is 0 Å². The lowest BCUT2D eigenvalue weighted by Gasteiger charge is -2.38. The van der Waals surface area contributed by atoms with Crippen LogP contribution >= 0.6 is 0 Å². The summed E-state index contributed by atoms with van der Waals surface area (Å²) in [6.07, 6.45) is 2.80. The number of hydrogen-bond donors (Lipinski definition) is 0. The molecule has 2 aliphatic heterocycles. The number of rotatable bonds is 2. The number of aromatic nitrogens is 3. The second-order valence-corrected chi connectivity index (χ2v) is 6.68. The molecule has 130 valence electrons. The van der Waals surface area contributed by atoms with Gasteiger partial charge in [0.05, 0.1) is 5.41 Å². The molecule has 3 heterocycles. The second kappa shape index (κ2) is 5.68. The molecular formula is C18H21N5O2. The SMILES string of the molecule is CCN1C(=O)C2(CCN(C(=O)c3ncn(C)n3)CC2)c2ccccc21. The molecule has 0 unspecified atom stereocenters. The first-order valence-corrected chi connectivity index (χ1v) is 8.63. The first-order valence-electron chi connectivity index (χ1n) is 8.63. The number of aryl methyl sites for hydroxylation is 1. The Hall–Kier alpha value is -2.70. The third-order valence-electron chi connectivity index (χ3n) is 5.38. The lowest BCUT2D eigenvalue weighted by atomic mass is 9.73. The Morgan fingerprint density at radius 2 is 1.96 bits per heavy atom. The fourth-order valence-electron chi connectivity index (χ4n) is 4.06. The molecule has 2 aliphatic rings. The van der Waals surface area contributed by atoms with Crippen LogP contribution in [0.5, 0.6) is 0 Å². The molecule has 0 radical (unpaired) electrons. The van der Waals surface area contributed by atoms with Crippen molar-refractivity contribution in [2.75, 3.05) is 24.5 Å². The number of carbonyl (C=O) groups excluding carboxylic acids is 2. The highest BCUT2D eigenvalue weighted by molar-refractivity contribution is 6.08. The Balaban J connectivity index is 1.59. The summed E-state index contributed by atoms with van der Waals surface area (Å²) in [6.45, 7) is 3.74. The molecule has 0 bridgehead atoms. The van der Waals surface area contributed by atoms with Crippen LogP contribution < -0.4 is 4.90 Å². The first kappa shape index (κ1) is 15.8. The van der Waals surface area contributed by atoms with E-state index in [-0.39, 0.29) is 17.6 Å².